The molecule has 2 aromatic rings. The summed E-state index contributed by atoms with van der Waals surface area (Å²) < 4.78 is 26.7. The van der Waals surface area contributed by atoms with Gasteiger partial charge in [0.1, 0.15) is 10.0 Å². The van der Waals surface area contributed by atoms with E-state index in [2.05, 4.69) is 4.98 Å². The third-order valence-corrected chi connectivity index (χ3v) is 2.76. The molecule has 0 saturated heterocycles. The van der Waals surface area contributed by atoms with Crippen LogP contribution in [0.5, 0.6) is 0 Å². The second-order valence-corrected chi connectivity index (χ2v) is 4.00. The molecule has 0 aliphatic carbocycles. The zero-order chi connectivity index (χ0) is 11.2. The summed E-state index contributed by atoms with van der Waals surface area (Å²) in [4.78, 5) is 3.74. The average Bonchev–Trinajstić information content (AvgIpc) is 2.23. The summed E-state index contributed by atoms with van der Waals surface area (Å²) in [5.74, 6) is -1.93. The molecule has 0 saturated carbocycles. The van der Waals surface area contributed by atoms with Gasteiger partial charge in [0.05, 0.1) is 10.5 Å². The first kappa shape index (κ1) is 10.9. The predicted octanol–water partition coefficient (Wildman–Crippen LogP) is 4.47. The van der Waals surface area contributed by atoms with Crippen molar-refractivity contribution >= 4 is 45.7 Å². The van der Waals surface area contributed by atoms with Crippen LogP contribution in [0.1, 0.15) is 0 Å². The zero-order valence-corrected chi connectivity index (χ0v) is 9.26. The summed E-state index contributed by atoms with van der Waals surface area (Å²) >= 11 is 16.7. The van der Waals surface area contributed by atoms with Crippen molar-refractivity contribution in [3.8, 4) is 0 Å². The van der Waals surface area contributed by atoms with E-state index >= 15 is 0 Å². The molecule has 0 bridgehead atoms. The first-order chi connectivity index (χ1) is 7.02. The molecular formula is C9H2Cl3F2N. The van der Waals surface area contributed by atoms with Crippen LogP contribution in [-0.2, 0) is 0 Å². The van der Waals surface area contributed by atoms with Gasteiger partial charge in [-0.3, -0.25) is 4.98 Å². The standard InChI is InChI=1S/C9H2Cl3F2N/c10-3-1-4-7(13)5(11)8(14)6(12)9(4)15-2-3/h1-2H. The molecule has 0 atom stereocenters. The average molecular weight is 268 g/mol. The van der Waals surface area contributed by atoms with Gasteiger partial charge in [-0.25, -0.2) is 8.78 Å². The first-order valence-corrected chi connectivity index (χ1v) is 4.93. The molecule has 0 radical (unpaired) electrons. The topological polar surface area (TPSA) is 12.9 Å². The highest BCUT2D eigenvalue weighted by molar-refractivity contribution is 6.39. The number of halogens is 5. The number of pyridine rings is 1. The molecule has 1 aromatic carbocycles. The Hall–Kier alpha value is -0.640. The second kappa shape index (κ2) is 3.74. The number of nitrogens with zero attached hydrogens (tertiary/aromatic N) is 1. The molecule has 0 N–H and O–H groups in total. The van der Waals surface area contributed by atoms with E-state index in [1.165, 1.54) is 12.3 Å². The van der Waals surface area contributed by atoms with Gasteiger partial charge in [0.25, 0.3) is 0 Å². The number of hydrogen-bond acceptors (Lipinski definition) is 1. The Balaban J connectivity index is 3.00. The zero-order valence-electron chi connectivity index (χ0n) is 6.99. The van der Waals surface area contributed by atoms with E-state index < -0.39 is 16.7 Å². The summed E-state index contributed by atoms with van der Waals surface area (Å²) in [7, 11) is 0. The van der Waals surface area contributed by atoms with Gasteiger partial charge in [-0.2, -0.15) is 0 Å². The van der Waals surface area contributed by atoms with Crippen molar-refractivity contribution in [3.05, 3.63) is 39.0 Å². The SMILES string of the molecule is Fc1c(Cl)c(F)c2cc(Cl)cnc2c1Cl. The summed E-state index contributed by atoms with van der Waals surface area (Å²) in [6.45, 7) is 0. The molecule has 0 unspecified atom stereocenters. The van der Waals surface area contributed by atoms with E-state index in [4.69, 9.17) is 34.8 Å². The maximum Gasteiger partial charge on any atom is 0.165 e. The molecule has 0 fully saturated rings. The lowest BCUT2D eigenvalue weighted by molar-refractivity contribution is 0.592. The van der Waals surface area contributed by atoms with Crippen LogP contribution < -0.4 is 0 Å². The normalized spacial score (nSPS) is 11.0. The van der Waals surface area contributed by atoms with Crippen LogP contribution in [0.2, 0.25) is 15.1 Å². The van der Waals surface area contributed by atoms with Crippen molar-refractivity contribution in [3.63, 3.8) is 0 Å². The molecule has 0 aliphatic rings. The Bertz CT molecular complexity index is 557. The van der Waals surface area contributed by atoms with Gasteiger partial charge in [0.2, 0.25) is 0 Å². The fourth-order valence-electron chi connectivity index (χ4n) is 1.20. The molecule has 1 heterocycles. The lowest BCUT2D eigenvalue weighted by Gasteiger charge is -2.05. The fourth-order valence-corrected chi connectivity index (χ4v) is 1.84. The Morgan fingerprint density at radius 3 is 2.33 bits per heavy atom. The largest absolute Gasteiger partial charge is 0.253 e. The monoisotopic (exact) mass is 267 g/mol. The smallest absolute Gasteiger partial charge is 0.165 e. The predicted molar refractivity (Wildman–Crippen MR) is 56.7 cm³/mol. The van der Waals surface area contributed by atoms with Gasteiger partial charge < -0.3 is 0 Å². The molecule has 1 aromatic heterocycles. The lowest BCUT2D eigenvalue weighted by atomic mass is 10.2. The number of rotatable bonds is 0. The molecule has 0 spiro atoms. The molecule has 0 amide bonds. The van der Waals surface area contributed by atoms with Gasteiger partial charge in [-0.15, -0.1) is 0 Å². The van der Waals surface area contributed by atoms with Crippen LogP contribution in [0.3, 0.4) is 0 Å². The van der Waals surface area contributed by atoms with Crippen molar-refractivity contribution in [2.45, 2.75) is 0 Å². The van der Waals surface area contributed by atoms with Gasteiger partial charge in [0.15, 0.2) is 11.6 Å². The number of benzene rings is 1. The van der Waals surface area contributed by atoms with Gasteiger partial charge in [0, 0.05) is 11.6 Å². The first-order valence-electron chi connectivity index (χ1n) is 3.79. The van der Waals surface area contributed by atoms with E-state index in [0.717, 1.165) is 0 Å². The highest BCUT2D eigenvalue weighted by Gasteiger charge is 2.18. The van der Waals surface area contributed by atoms with Gasteiger partial charge in [-0.05, 0) is 6.07 Å². The molecular weight excluding hydrogens is 266 g/mol. The minimum Gasteiger partial charge on any atom is -0.253 e. The van der Waals surface area contributed by atoms with Crippen molar-refractivity contribution in [1.29, 1.82) is 0 Å². The van der Waals surface area contributed by atoms with Crippen LogP contribution in [0.15, 0.2) is 12.3 Å². The summed E-state index contributed by atoms with van der Waals surface area (Å²) in [5, 5.41) is -0.747. The Kier molecular flexibility index (Phi) is 2.71. The van der Waals surface area contributed by atoms with Crippen molar-refractivity contribution in [2.24, 2.45) is 0 Å². The second-order valence-electron chi connectivity index (χ2n) is 2.81. The summed E-state index contributed by atoms with van der Waals surface area (Å²) in [6.07, 6.45) is 1.25. The van der Waals surface area contributed by atoms with Crippen LogP contribution in [-0.4, -0.2) is 4.98 Å². The van der Waals surface area contributed by atoms with E-state index in [0.29, 0.717) is 0 Å². The third kappa shape index (κ3) is 1.65. The Morgan fingerprint density at radius 2 is 1.67 bits per heavy atom. The number of fused-ring (bicyclic) bond motifs is 1. The number of hydrogen-bond donors (Lipinski definition) is 0. The highest BCUT2D eigenvalue weighted by Crippen LogP contribution is 2.34. The molecule has 1 nitrogen and oxygen atoms in total. The minimum absolute atomic E-state index is 0.000432. The van der Waals surface area contributed by atoms with Crippen molar-refractivity contribution < 1.29 is 8.78 Å². The van der Waals surface area contributed by atoms with E-state index in [1.54, 1.807) is 0 Å². The van der Waals surface area contributed by atoms with Gasteiger partial charge >= 0.3 is 0 Å². The maximum absolute atomic E-state index is 13.5. The maximum atomic E-state index is 13.5. The van der Waals surface area contributed by atoms with Crippen LogP contribution in [0, 0.1) is 11.6 Å². The highest BCUT2D eigenvalue weighted by atomic mass is 35.5. The van der Waals surface area contributed by atoms with Crippen LogP contribution in [0.4, 0.5) is 8.78 Å². The van der Waals surface area contributed by atoms with Crippen LogP contribution >= 0.6 is 34.8 Å². The fraction of sp³-hybridized carbons (Fsp3) is 0. The van der Waals surface area contributed by atoms with Crippen molar-refractivity contribution in [2.75, 3.05) is 0 Å². The molecule has 6 heteroatoms. The third-order valence-electron chi connectivity index (χ3n) is 1.88. The molecule has 78 valence electrons. The summed E-state index contributed by atoms with van der Waals surface area (Å²) in [6, 6.07) is 1.29. The quantitative estimate of drug-likeness (QED) is 0.507. The van der Waals surface area contributed by atoms with Crippen molar-refractivity contribution in [1.82, 2.24) is 4.98 Å². The van der Waals surface area contributed by atoms with E-state index in [9.17, 15) is 8.78 Å². The molecule has 0 aliphatic heterocycles. The lowest BCUT2D eigenvalue weighted by Crippen LogP contribution is -1.91. The van der Waals surface area contributed by atoms with E-state index in [1.807, 2.05) is 0 Å². The van der Waals surface area contributed by atoms with E-state index in [-0.39, 0.29) is 20.9 Å². The Labute approximate surface area is 98.6 Å². The van der Waals surface area contributed by atoms with Gasteiger partial charge in [-0.1, -0.05) is 34.8 Å². The molecule has 2 rings (SSSR count). The Morgan fingerprint density at radius 1 is 1.00 bits per heavy atom. The summed E-state index contributed by atoms with van der Waals surface area (Å²) in [5.41, 5.74) is 0.000432. The van der Waals surface area contributed by atoms with Crippen LogP contribution in [0.25, 0.3) is 10.9 Å². The molecule has 15 heavy (non-hydrogen) atoms. The minimum atomic E-state index is -1.02. The number of aromatic nitrogens is 1.